The Morgan fingerprint density at radius 3 is 2.71 bits per heavy atom. The van der Waals surface area contributed by atoms with E-state index in [0.717, 1.165) is 5.75 Å². The van der Waals surface area contributed by atoms with Gasteiger partial charge in [0, 0.05) is 19.2 Å². The molecule has 3 nitrogen and oxygen atoms in total. The molecule has 0 atom stereocenters. The van der Waals surface area contributed by atoms with Crippen LogP contribution in [-0.2, 0) is 0 Å². The van der Waals surface area contributed by atoms with Crippen LogP contribution in [0.4, 0.5) is 0 Å². The molecule has 1 aromatic carbocycles. The molecule has 0 bridgehead atoms. The highest BCUT2D eigenvalue weighted by atomic mass is 16.5. The third-order valence-electron chi connectivity index (χ3n) is 2.49. The average molecular weight is 235 g/mol. The van der Waals surface area contributed by atoms with Crippen molar-refractivity contribution in [3.05, 3.63) is 29.8 Å². The van der Waals surface area contributed by atoms with Crippen molar-refractivity contribution in [3.63, 3.8) is 0 Å². The highest BCUT2D eigenvalue weighted by Crippen LogP contribution is 2.15. The van der Waals surface area contributed by atoms with E-state index in [-0.39, 0.29) is 5.91 Å². The molecule has 0 spiro atoms. The molecule has 0 N–H and O–H groups in total. The van der Waals surface area contributed by atoms with Gasteiger partial charge >= 0.3 is 0 Å². The number of carbonyl (C=O) groups excluding carboxylic acids is 1. The van der Waals surface area contributed by atoms with E-state index >= 15 is 0 Å². The van der Waals surface area contributed by atoms with Crippen molar-refractivity contribution in [3.8, 4) is 5.75 Å². The number of rotatable bonds is 5. The number of benzene rings is 1. The zero-order valence-electron chi connectivity index (χ0n) is 11.1. The maximum Gasteiger partial charge on any atom is 0.253 e. The van der Waals surface area contributed by atoms with Crippen molar-refractivity contribution in [2.24, 2.45) is 5.92 Å². The fourth-order valence-corrected chi connectivity index (χ4v) is 1.35. The van der Waals surface area contributed by atoms with Gasteiger partial charge in [-0.15, -0.1) is 0 Å². The summed E-state index contributed by atoms with van der Waals surface area (Å²) in [5.74, 6) is 1.27. The summed E-state index contributed by atoms with van der Waals surface area (Å²) < 4.78 is 5.60. The van der Waals surface area contributed by atoms with Gasteiger partial charge in [0.1, 0.15) is 5.75 Å². The number of hydrogen-bond donors (Lipinski definition) is 0. The molecule has 94 valence electrons. The average Bonchev–Trinajstić information content (AvgIpc) is 2.34. The van der Waals surface area contributed by atoms with E-state index in [2.05, 4.69) is 13.8 Å². The van der Waals surface area contributed by atoms with Crippen LogP contribution in [0, 0.1) is 5.92 Å². The van der Waals surface area contributed by atoms with E-state index in [9.17, 15) is 4.79 Å². The number of hydrogen-bond acceptors (Lipinski definition) is 2. The zero-order valence-corrected chi connectivity index (χ0v) is 11.1. The first-order valence-electron chi connectivity index (χ1n) is 6.03. The second-order valence-corrected chi connectivity index (χ2v) is 4.55. The molecule has 0 aliphatic rings. The summed E-state index contributed by atoms with van der Waals surface area (Å²) in [4.78, 5) is 13.6. The molecule has 0 unspecified atom stereocenters. The number of carbonyl (C=O) groups is 1. The lowest BCUT2D eigenvalue weighted by Crippen LogP contribution is -2.26. The second-order valence-electron chi connectivity index (χ2n) is 4.55. The van der Waals surface area contributed by atoms with Crippen molar-refractivity contribution >= 4 is 5.91 Å². The Labute approximate surface area is 103 Å². The van der Waals surface area contributed by atoms with Gasteiger partial charge in [-0.25, -0.2) is 0 Å². The first-order valence-corrected chi connectivity index (χ1v) is 6.03. The highest BCUT2D eigenvalue weighted by Gasteiger charge is 2.10. The molecule has 1 rings (SSSR count). The first-order chi connectivity index (χ1) is 8.04. The minimum atomic E-state index is 0.0301. The van der Waals surface area contributed by atoms with Crippen LogP contribution in [0.5, 0.6) is 5.75 Å². The molecule has 0 saturated heterocycles. The lowest BCUT2D eigenvalue weighted by Gasteiger charge is -2.15. The monoisotopic (exact) mass is 235 g/mol. The summed E-state index contributed by atoms with van der Waals surface area (Å²) >= 11 is 0. The fraction of sp³-hybridized carbons (Fsp3) is 0.500. The maximum atomic E-state index is 11.9. The van der Waals surface area contributed by atoms with E-state index in [0.29, 0.717) is 24.6 Å². The molecule has 0 fully saturated rings. The fourth-order valence-electron chi connectivity index (χ4n) is 1.35. The minimum absolute atomic E-state index is 0.0301. The van der Waals surface area contributed by atoms with E-state index < -0.39 is 0 Å². The van der Waals surface area contributed by atoms with Crippen LogP contribution in [0.3, 0.4) is 0 Å². The second kappa shape index (κ2) is 6.28. The Morgan fingerprint density at radius 2 is 2.12 bits per heavy atom. The Balaban J connectivity index is 2.75. The third-order valence-corrected chi connectivity index (χ3v) is 2.49. The summed E-state index contributed by atoms with van der Waals surface area (Å²) in [6.07, 6.45) is 0. The number of nitrogens with zero attached hydrogens (tertiary/aromatic N) is 1. The van der Waals surface area contributed by atoms with Crippen LogP contribution in [0.1, 0.15) is 31.1 Å². The molecule has 1 aromatic rings. The number of ether oxygens (including phenoxy) is 1. The molecule has 1 amide bonds. The van der Waals surface area contributed by atoms with Crippen molar-refractivity contribution in [1.29, 1.82) is 0 Å². The molecule has 0 radical (unpaired) electrons. The highest BCUT2D eigenvalue weighted by molar-refractivity contribution is 5.94. The Bertz CT molecular complexity index is 374. The molecule has 3 heteroatoms. The maximum absolute atomic E-state index is 11.9. The smallest absolute Gasteiger partial charge is 0.253 e. The molecular weight excluding hydrogens is 214 g/mol. The van der Waals surface area contributed by atoms with E-state index in [1.165, 1.54) is 0 Å². The summed E-state index contributed by atoms with van der Waals surface area (Å²) in [6.45, 7) is 7.52. The van der Waals surface area contributed by atoms with E-state index in [1.54, 1.807) is 18.0 Å². The van der Waals surface area contributed by atoms with E-state index in [1.807, 2.05) is 25.1 Å². The number of amides is 1. The minimum Gasteiger partial charge on any atom is -0.493 e. The third kappa shape index (κ3) is 4.10. The largest absolute Gasteiger partial charge is 0.493 e. The van der Waals surface area contributed by atoms with Gasteiger partial charge in [-0.3, -0.25) is 4.79 Å². The SMILES string of the molecule is CCN(C)C(=O)c1cccc(OCC(C)C)c1. The predicted molar refractivity (Wildman–Crippen MR) is 69.4 cm³/mol. The summed E-state index contributed by atoms with van der Waals surface area (Å²) in [5, 5.41) is 0. The van der Waals surface area contributed by atoms with Crippen molar-refractivity contribution in [1.82, 2.24) is 4.90 Å². The van der Waals surface area contributed by atoms with Crippen LogP contribution in [-0.4, -0.2) is 31.0 Å². The summed E-state index contributed by atoms with van der Waals surface area (Å²) in [6, 6.07) is 7.35. The van der Waals surface area contributed by atoms with Crippen LogP contribution in [0.15, 0.2) is 24.3 Å². The quantitative estimate of drug-likeness (QED) is 0.785. The van der Waals surface area contributed by atoms with Gasteiger partial charge < -0.3 is 9.64 Å². The molecular formula is C14H21NO2. The van der Waals surface area contributed by atoms with Crippen LogP contribution in [0.2, 0.25) is 0 Å². The van der Waals surface area contributed by atoms with Gasteiger partial charge in [-0.05, 0) is 31.0 Å². The van der Waals surface area contributed by atoms with Gasteiger partial charge in [0.15, 0.2) is 0 Å². The molecule has 0 saturated carbocycles. The molecule has 17 heavy (non-hydrogen) atoms. The van der Waals surface area contributed by atoms with Gasteiger partial charge in [0.05, 0.1) is 6.61 Å². The topological polar surface area (TPSA) is 29.5 Å². The standard InChI is InChI=1S/C14H21NO2/c1-5-15(4)14(16)12-7-6-8-13(9-12)17-10-11(2)3/h6-9,11H,5,10H2,1-4H3. The summed E-state index contributed by atoms with van der Waals surface area (Å²) in [7, 11) is 1.80. The molecule has 0 aliphatic carbocycles. The van der Waals surface area contributed by atoms with Crippen molar-refractivity contribution < 1.29 is 9.53 Å². The van der Waals surface area contributed by atoms with Crippen LogP contribution >= 0.6 is 0 Å². The molecule has 0 aromatic heterocycles. The predicted octanol–water partition coefficient (Wildman–Crippen LogP) is 2.81. The van der Waals surface area contributed by atoms with Crippen molar-refractivity contribution in [2.75, 3.05) is 20.2 Å². The van der Waals surface area contributed by atoms with Gasteiger partial charge in [-0.1, -0.05) is 19.9 Å². The normalized spacial score (nSPS) is 10.4. The van der Waals surface area contributed by atoms with Crippen LogP contribution in [0.25, 0.3) is 0 Å². The first kappa shape index (κ1) is 13.6. The lowest BCUT2D eigenvalue weighted by atomic mass is 10.2. The molecule has 0 heterocycles. The summed E-state index contributed by atoms with van der Waals surface area (Å²) in [5.41, 5.74) is 0.676. The Kier molecular flexibility index (Phi) is 5.01. The Morgan fingerprint density at radius 1 is 1.41 bits per heavy atom. The molecule has 0 aliphatic heterocycles. The van der Waals surface area contributed by atoms with E-state index in [4.69, 9.17) is 4.74 Å². The van der Waals surface area contributed by atoms with Gasteiger partial charge in [0.2, 0.25) is 0 Å². The van der Waals surface area contributed by atoms with Crippen molar-refractivity contribution in [2.45, 2.75) is 20.8 Å². The van der Waals surface area contributed by atoms with Crippen LogP contribution < -0.4 is 4.74 Å². The lowest BCUT2D eigenvalue weighted by molar-refractivity contribution is 0.0802. The van der Waals surface area contributed by atoms with Gasteiger partial charge in [-0.2, -0.15) is 0 Å². The Hall–Kier alpha value is -1.51. The zero-order chi connectivity index (χ0) is 12.8. The van der Waals surface area contributed by atoms with Gasteiger partial charge in [0.25, 0.3) is 5.91 Å².